The largest absolute Gasteiger partial charge is 0.313 e. The van der Waals surface area contributed by atoms with E-state index in [1.165, 1.54) is 71.5 Å². The second-order valence-electron chi connectivity index (χ2n) is 6.31. The van der Waals surface area contributed by atoms with E-state index < -0.39 is 0 Å². The van der Waals surface area contributed by atoms with E-state index in [1.807, 2.05) is 0 Å². The van der Waals surface area contributed by atoms with Gasteiger partial charge in [0.1, 0.15) is 0 Å². The van der Waals surface area contributed by atoms with Crippen LogP contribution in [-0.4, -0.2) is 61.7 Å². The van der Waals surface area contributed by atoms with E-state index >= 15 is 0 Å². The quantitative estimate of drug-likeness (QED) is 0.746. The smallest absolute Gasteiger partial charge is 0.0207 e. The standard InChI is InChI=1S/C15H31N3/c1-3-7-16-15-6-10-18(13-15)12-14(2)11-17-8-4-5-9-17/h14-16H,3-13H2,1-2H3. The molecule has 0 aromatic carbocycles. The number of rotatable bonds is 7. The summed E-state index contributed by atoms with van der Waals surface area (Å²) in [6.45, 7) is 13.7. The molecular formula is C15H31N3. The maximum Gasteiger partial charge on any atom is 0.0207 e. The summed E-state index contributed by atoms with van der Waals surface area (Å²) in [5.41, 5.74) is 0. The lowest BCUT2D eigenvalue weighted by Crippen LogP contribution is -2.36. The van der Waals surface area contributed by atoms with Gasteiger partial charge < -0.3 is 15.1 Å². The van der Waals surface area contributed by atoms with Gasteiger partial charge in [-0.25, -0.2) is 0 Å². The van der Waals surface area contributed by atoms with Crippen LogP contribution in [0.2, 0.25) is 0 Å². The predicted molar refractivity (Wildman–Crippen MR) is 78.0 cm³/mol. The van der Waals surface area contributed by atoms with Crippen LogP contribution in [-0.2, 0) is 0 Å². The summed E-state index contributed by atoms with van der Waals surface area (Å²) in [7, 11) is 0. The van der Waals surface area contributed by atoms with Gasteiger partial charge in [-0.2, -0.15) is 0 Å². The minimum atomic E-state index is 0.754. The van der Waals surface area contributed by atoms with Gasteiger partial charge >= 0.3 is 0 Å². The van der Waals surface area contributed by atoms with Crippen molar-refractivity contribution in [2.24, 2.45) is 5.92 Å². The highest BCUT2D eigenvalue weighted by Crippen LogP contribution is 2.14. The molecule has 3 heteroatoms. The molecule has 1 N–H and O–H groups in total. The predicted octanol–water partition coefficient (Wildman–Crippen LogP) is 1.79. The van der Waals surface area contributed by atoms with Gasteiger partial charge in [-0.15, -0.1) is 0 Å². The van der Waals surface area contributed by atoms with Gasteiger partial charge in [0.25, 0.3) is 0 Å². The number of hydrogen-bond acceptors (Lipinski definition) is 3. The highest BCUT2D eigenvalue weighted by atomic mass is 15.2. The molecular weight excluding hydrogens is 222 g/mol. The van der Waals surface area contributed by atoms with Crippen LogP contribution < -0.4 is 5.32 Å². The van der Waals surface area contributed by atoms with E-state index in [1.54, 1.807) is 0 Å². The number of nitrogens with zero attached hydrogens (tertiary/aromatic N) is 2. The lowest BCUT2D eigenvalue weighted by molar-refractivity contribution is 0.223. The molecule has 2 aliphatic rings. The fraction of sp³-hybridized carbons (Fsp3) is 1.00. The molecule has 2 saturated heterocycles. The van der Waals surface area contributed by atoms with Gasteiger partial charge in [-0.3, -0.25) is 0 Å². The third-order valence-corrected chi connectivity index (χ3v) is 4.29. The van der Waals surface area contributed by atoms with Gasteiger partial charge in [-0.1, -0.05) is 13.8 Å². The zero-order valence-corrected chi connectivity index (χ0v) is 12.3. The van der Waals surface area contributed by atoms with E-state index in [0.29, 0.717) is 0 Å². The molecule has 2 atom stereocenters. The Morgan fingerprint density at radius 3 is 2.56 bits per heavy atom. The minimum absolute atomic E-state index is 0.754. The van der Waals surface area contributed by atoms with Crippen molar-refractivity contribution in [3.63, 3.8) is 0 Å². The van der Waals surface area contributed by atoms with Crippen molar-refractivity contribution in [2.45, 2.75) is 45.6 Å². The molecule has 0 amide bonds. The van der Waals surface area contributed by atoms with Crippen molar-refractivity contribution >= 4 is 0 Å². The fourth-order valence-electron chi connectivity index (χ4n) is 3.42. The third-order valence-electron chi connectivity index (χ3n) is 4.29. The monoisotopic (exact) mass is 253 g/mol. The Balaban J connectivity index is 1.61. The van der Waals surface area contributed by atoms with Crippen LogP contribution in [0.5, 0.6) is 0 Å². The first-order chi connectivity index (χ1) is 8.78. The molecule has 0 aromatic rings. The molecule has 2 heterocycles. The molecule has 0 saturated carbocycles. The third kappa shape index (κ3) is 4.52. The highest BCUT2D eigenvalue weighted by Gasteiger charge is 2.23. The second kappa shape index (κ2) is 7.46. The Labute approximate surface area is 113 Å². The number of likely N-dealkylation sites (tertiary alicyclic amines) is 2. The van der Waals surface area contributed by atoms with Gasteiger partial charge in [0, 0.05) is 25.7 Å². The molecule has 0 spiro atoms. The summed E-state index contributed by atoms with van der Waals surface area (Å²) in [5.74, 6) is 0.827. The highest BCUT2D eigenvalue weighted by molar-refractivity contribution is 4.82. The molecule has 0 radical (unpaired) electrons. The van der Waals surface area contributed by atoms with Crippen LogP contribution in [0.25, 0.3) is 0 Å². The Hall–Kier alpha value is -0.120. The molecule has 3 nitrogen and oxygen atoms in total. The van der Waals surface area contributed by atoms with Crippen LogP contribution in [0.15, 0.2) is 0 Å². The second-order valence-corrected chi connectivity index (χ2v) is 6.31. The van der Waals surface area contributed by atoms with Crippen molar-refractivity contribution < 1.29 is 0 Å². The topological polar surface area (TPSA) is 18.5 Å². The van der Waals surface area contributed by atoms with Gasteiger partial charge in [-0.05, 0) is 57.8 Å². The molecule has 2 aliphatic heterocycles. The van der Waals surface area contributed by atoms with Crippen molar-refractivity contribution in [2.75, 3.05) is 45.8 Å². The fourth-order valence-corrected chi connectivity index (χ4v) is 3.42. The average molecular weight is 253 g/mol. The maximum atomic E-state index is 3.66. The Bertz CT molecular complexity index is 226. The van der Waals surface area contributed by atoms with Crippen LogP contribution in [0.3, 0.4) is 0 Å². The Morgan fingerprint density at radius 1 is 1.11 bits per heavy atom. The van der Waals surface area contributed by atoms with Crippen LogP contribution in [0.4, 0.5) is 0 Å². The number of hydrogen-bond donors (Lipinski definition) is 1. The lowest BCUT2D eigenvalue weighted by Gasteiger charge is -2.25. The number of nitrogens with one attached hydrogen (secondary N) is 1. The normalized spacial score (nSPS) is 28.0. The molecule has 2 rings (SSSR count). The first kappa shape index (κ1) is 14.3. The van der Waals surface area contributed by atoms with Gasteiger partial charge in [0.2, 0.25) is 0 Å². The summed E-state index contributed by atoms with van der Waals surface area (Å²) < 4.78 is 0. The van der Waals surface area contributed by atoms with Crippen molar-refractivity contribution in [3.8, 4) is 0 Å². The zero-order chi connectivity index (χ0) is 12.8. The average Bonchev–Trinajstić information content (AvgIpc) is 2.98. The molecule has 2 unspecified atom stereocenters. The van der Waals surface area contributed by atoms with Crippen LogP contribution >= 0.6 is 0 Å². The van der Waals surface area contributed by atoms with Crippen LogP contribution in [0.1, 0.15) is 39.5 Å². The molecule has 0 bridgehead atoms. The van der Waals surface area contributed by atoms with Crippen molar-refractivity contribution in [1.82, 2.24) is 15.1 Å². The molecule has 0 aromatic heterocycles. The first-order valence-corrected chi connectivity index (χ1v) is 7.96. The van der Waals surface area contributed by atoms with Gasteiger partial charge in [0.15, 0.2) is 0 Å². The van der Waals surface area contributed by atoms with Crippen molar-refractivity contribution in [1.29, 1.82) is 0 Å². The summed E-state index contributed by atoms with van der Waals surface area (Å²) in [6.07, 6.45) is 5.43. The van der Waals surface area contributed by atoms with Crippen LogP contribution in [0, 0.1) is 5.92 Å². The van der Waals surface area contributed by atoms with E-state index in [9.17, 15) is 0 Å². The maximum absolute atomic E-state index is 3.66. The lowest BCUT2D eigenvalue weighted by atomic mass is 10.1. The summed E-state index contributed by atoms with van der Waals surface area (Å²) >= 11 is 0. The van der Waals surface area contributed by atoms with Gasteiger partial charge in [0.05, 0.1) is 0 Å². The van der Waals surface area contributed by atoms with Crippen molar-refractivity contribution in [3.05, 3.63) is 0 Å². The summed E-state index contributed by atoms with van der Waals surface area (Å²) in [4.78, 5) is 5.31. The molecule has 2 fully saturated rings. The minimum Gasteiger partial charge on any atom is -0.313 e. The Morgan fingerprint density at radius 2 is 1.83 bits per heavy atom. The van der Waals surface area contributed by atoms with E-state index in [2.05, 4.69) is 29.0 Å². The summed E-state index contributed by atoms with van der Waals surface area (Å²) in [5, 5.41) is 3.66. The van der Waals surface area contributed by atoms with E-state index in [0.717, 1.165) is 12.0 Å². The SMILES string of the molecule is CCCNC1CCN(CC(C)CN2CCCC2)C1. The molecule has 18 heavy (non-hydrogen) atoms. The molecule has 106 valence electrons. The zero-order valence-electron chi connectivity index (χ0n) is 12.3. The van der Waals surface area contributed by atoms with E-state index in [-0.39, 0.29) is 0 Å². The summed E-state index contributed by atoms with van der Waals surface area (Å²) in [6, 6.07) is 0.754. The molecule has 0 aliphatic carbocycles. The van der Waals surface area contributed by atoms with E-state index in [4.69, 9.17) is 0 Å². The first-order valence-electron chi connectivity index (χ1n) is 7.96. The Kier molecular flexibility index (Phi) is 5.93.